The number of nitrogens with zero attached hydrogens (tertiary/aromatic N) is 1. The predicted octanol–water partition coefficient (Wildman–Crippen LogP) is 2.34. The van der Waals surface area contributed by atoms with Crippen LogP contribution in [0.15, 0.2) is 0 Å². The van der Waals surface area contributed by atoms with Crippen LogP contribution in [0.4, 0.5) is 0 Å². The van der Waals surface area contributed by atoms with Gasteiger partial charge in [0.1, 0.15) is 0 Å². The Morgan fingerprint density at radius 1 is 1.14 bits per heavy atom. The fraction of sp³-hybridized carbons (Fsp3) is 1.00. The molecular formula is C12H28N2. The van der Waals surface area contributed by atoms with Crippen LogP contribution in [0.25, 0.3) is 0 Å². The Morgan fingerprint density at radius 2 is 1.64 bits per heavy atom. The van der Waals surface area contributed by atoms with Gasteiger partial charge in [-0.1, -0.05) is 27.7 Å². The van der Waals surface area contributed by atoms with Gasteiger partial charge in [-0.3, -0.25) is 0 Å². The molecule has 0 aliphatic carbocycles. The third-order valence-corrected chi connectivity index (χ3v) is 2.51. The summed E-state index contributed by atoms with van der Waals surface area (Å²) in [5.41, 5.74) is 5.99. The zero-order valence-corrected chi connectivity index (χ0v) is 10.8. The summed E-state index contributed by atoms with van der Waals surface area (Å²) in [6.45, 7) is 16.6. The molecule has 0 heterocycles. The van der Waals surface area contributed by atoms with Crippen LogP contribution >= 0.6 is 0 Å². The molecule has 0 aliphatic rings. The Hall–Kier alpha value is -0.0800. The van der Waals surface area contributed by atoms with E-state index in [0.29, 0.717) is 6.04 Å². The highest BCUT2D eigenvalue weighted by molar-refractivity contribution is 4.77. The quantitative estimate of drug-likeness (QED) is 0.713. The van der Waals surface area contributed by atoms with Gasteiger partial charge in [0.25, 0.3) is 0 Å². The standard InChI is InChI=1S/C12H28N2/c1-10(2)7-14(11(3)4)9-12(5,6)8-13/h10-11H,7-9,13H2,1-6H3. The number of hydrogen-bond acceptors (Lipinski definition) is 2. The molecule has 0 unspecified atom stereocenters. The lowest BCUT2D eigenvalue weighted by Gasteiger charge is -2.35. The molecule has 14 heavy (non-hydrogen) atoms. The molecule has 0 amide bonds. The highest BCUT2D eigenvalue weighted by Gasteiger charge is 2.22. The second-order valence-electron chi connectivity index (χ2n) is 5.79. The van der Waals surface area contributed by atoms with Gasteiger partial charge in [0, 0.05) is 19.1 Å². The van der Waals surface area contributed by atoms with Crippen molar-refractivity contribution in [3.05, 3.63) is 0 Å². The zero-order valence-electron chi connectivity index (χ0n) is 10.8. The van der Waals surface area contributed by atoms with Crippen LogP contribution in [-0.4, -0.2) is 30.6 Å². The Balaban J connectivity index is 4.23. The van der Waals surface area contributed by atoms with E-state index in [1.54, 1.807) is 0 Å². The van der Waals surface area contributed by atoms with Crippen LogP contribution in [0, 0.1) is 11.3 Å². The van der Waals surface area contributed by atoms with Gasteiger partial charge in [-0.15, -0.1) is 0 Å². The van der Waals surface area contributed by atoms with Crippen molar-refractivity contribution in [2.75, 3.05) is 19.6 Å². The summed E-state index contributed by atoms with van der Waals surface area (Å²) in [7, 11) is 0. The Kier molecular flexibility index (Phi) is 5.68. The van der Waals surface area contributed by atoms with Crippen LogP contribution in [-0.2, 0) is 0 Å². The molecule has 2 heteroatoms. The van der Waals surface area contributed by atoms with E-state index in [4.69, 9.17) is 5.73 Å². The first-order chi connectivity index (χ1) is 6.28. The van der Waals surface area contributed by atoms with E-state index < -0.39 is 0 Å². The van der Waals surface area contributed by atoms with E-state index in [2.05, 4.69) is 46.4 Å². The minimum Gasteiger partial charge on any atom is -0.330 e. The van der Waals surface area contributed by atoms with Crippen molar-refractivity contribution in [1.82, 2.24) is 4.90 Å². The smallest absolute Gasteiger partial charge is 0.00476 e. The van der Waals surface area contributed by atoms with Crippen LogP contribution < -0.4 is 5.73 Å². The SMILES string of the molecule is CC(C)CN(CC(C)(C)CN)C(C)C. The number of rotatable bonds is 6. The van der Waals surface area contributed by atoms with Crippen molar-refractivity contribution >= 4 is 0 Å². The molecule has 0 bridgehead atoms. The normalized spacial score (nSPS) is 13.3. The summed E-state index contributed by atoms with van der Waals surface area (Å²) in [5.74, 6) is 0.728. The third kappa shape index (κ3) is 5.61. The van der Waals surface area contributed by atoms with Gasteiger partial charge in [-0.25, -0.2) is 0 Å². The summed E-state index contributed by atoms with van der Waals surface area (Å²) in [5, 5.41) is 0. The number of nitrogens with two attached hydrogens (primary N) is 1. The van der Waals surface area contributed by atoms with Gasteiger partial charge in [0.15, 0.2) is 0 Å². The van der Waals surface area contributed by atoms with Gasteiger partial charge in [-0.2, -0.15) is 0 Å². The fourth-order valence-corrected chi connectivity index (χ4v) is 1.54. The molecule has 2 N–H and O–H groups in total. The Bertz CT molecular complexity index is 150. The lowest BCUT2D eigenvalue weighted by molar-refractivity contribution is 0.134. The molecule has 0 saturated carbocycles. The van der Waals surface area contributed by atoms with Crippen LogP contribution in [0.2, 0.25) is 0 Å². The highest BCUT2D eigenvalue weighted by Crippen LogP contribution is 2.17. The van der Waals surface area contributed by atoms with Crippen molar-refractivity contribution < 1.29 is 0 Å². The van der Waals surface area contributed by atoms with Gasteiger partial charge < -0.3 is 10.6 Å². The predicted molar refractivity (Wildman–Crippen MR) is 64.4 cm³/mol. The van der Waals surface area contributed by atoms with E-state index in [0.717, 1.165) is 19.0 Å². The molecule has 2 nitrogen and oxygen atoms in total. The summed E-state index contributed by atoms with van der Waals surface area (Å²) >= 11 is 0. The molecule has 0 saturated heterocycles. The summed E-state index contributed by atoms with van der Waals surface area (Å²) in [4.78, 5) is 2.53. The Morgan fingerprint density at radius 3 is 1.93 bits per heavy atom. The molecule has 0 fully saturated rings. The van der Waals surface area contributed by atoms with Crippen molar-refractivity contribution in [2.45, 2.75) is 47.6 Å². The van der Waals surface area contributed by atoms with Crippen molar-refractivity contribution in [1.29, 1.82) is 0 Å². The molecule has 0 aromatic carbocycles. The molecule has 0 aliphatic heterocycles. The largest absolute Gasteiger partial charge is 0.330 e. The second kappa shape index (κ2) is 5.72. The average molecular weight is 200 g/mol. The van der Waals surface area contributed by atoms with Crippen LogP contribution in [0.1, 0.15) is 41.5 Å². The molecular weight excluding hydrogens is 172 g/mol. The first kappa shape index (κ1) is 13.9. The molecule has 0 atom stereocenters. The minimum atomic E-state index is 0.235. The lowest BCUT2D eigenvalue weighted by atomic mass is 9.92. The third-order valence-electron chi connectivity index (χ3n) is 2.51. The molecule has 0 aromatic rings. The van der Waals surface area contributed by atoms with Gasteiger partial charge >= 0.3 is 0 Å². The maximum Gasteiger partial charge on any atom is 0.00476 e. The van der Waals surface area contributed by atoms with E-state index in [1.807, 2.05) is 0 Å². The monoisotopic (exact) mass is 200 g/mol. The molecule has 0 rings (SSSR count). The van der Waals surface area contributed by atoms with Gasteiger partial charge in [0.05, 0.1) is 0 Å². The zero-order chi connectivity index (χ0) is 11.4. The van der Waals surface area contributed by atoms with Crippen LogP contribution in [0.5, 0.6) is 0 Å². The Labute approximate surface area is 89.9 Å². The summed E-state index contributed by atoms with van der Waals surface area (Å²) in [6, 6.07) is 0.614. The first-order valence-electron chi connectivity index (χ1n) is 5.72. The van der Waals surface area contributed by atoms with Crippen LogP contribution in [0.3, 0.4) is 0 Å². The maximum absolute atomic E-state index is 5.76. The second-order valence-corrected chi connectivity index (χ2v) is 5.79. The molecule has 0 aromatic heterocycles. The van der Waals surface area contributed by atoms with Gasteiger partial charge in [0.2, 0.25) is 0 Å². The molecule has 86 valence electrons. The molecule has 0 radical (unpaired) electrons. The van der Waals surface area contributed by atoms with E-state index >= 15 is 0 Å². The van der Waals surface area contributed by atoms with Crippen molar-refractivity contribution in [3.63, 3.8) is 0 Å². The topological polar surface area (TPSA) is 29.3 Å². The first-order valence-corrected chi connectivity index (χ1v) is 5.72. The maximum atomic E-state index is 5.76. The summed E-state index contributed by atoms with van der Waals surface area (Å²) < 4.78 is 0. The highest BCUT2D eigenvalue weighted by atomic mass is 15.2. The molecule has 0 spiro atoms. The van der Waals surface area contributed by atoms with E-state index in [9.17, 15) is 0 Å². The average Bonchev–Trinajstić information content (AvgIpc) is 2.02. The van der Waals surface area contributed by atoms with Crippen molar-refractivity contribution in [3.8, 4) is 0 Å². The van der Waals surface area contributed by atoms with E-state index in [-0.39, 0.29) is 5.41 Å². The fourth-order valence-electron chi connectivity index (χ4n) is 1.54. The minimum absolute atomic E-state index is 0.235. The van der Waals surface area contributed by atoms with Crippen molar-refractivity contribution in [2.24, 2.45) is 17.1 Å². The van der Waals surface area contributed by atoms with Gasteiger partial charge in [-0.05, 0) is 31.7 Å². The van der Waals surface area contributed by atoms with E-state index in [1.165, 1.54) is 6.54 Å². The number of hydrogen-bond donors (Lipinski definition) is 1. The lowest BCUT2D eigenvalue weighted by Crippen LogP contribution is -2.43. The summed E-state index contributed by atoms with van der Waals surface area (Å²) in [6.07, 6.45) is 0.